The minimum Gasteiger partial charge on any atom is -0.493 e. The first-order valence-corrected chi connectivity index (χ1v) is 7.54. The third-order valence-electron chi connectivity index (χ3n) is 3.64. The van der Waals surface area contributed by atoms with Gasteiger partial charge in [-0.1, -0.05) is 24.3 Å². The topological polar surface area (TPSA) is 78.3 Å². The predicted molar refractivity (Wildman–Crippen MR) is 87.5 cm³/mol. The zero-order chi connectivity index (χ0) is 16.7. The van der Waals surface area contributed by atoms with Crippen LogP contribution in [0.15, 0.2) is 48.5 Å². The second kappa shape index (κ2) is 8.29. The lowest BCUT2D eigenvalue weighted by Gasteiger charge is -2.11. The molecule has 1 atom stereocenters. The van der Waals surface area contributed by atoms with Crippen LogP contribution in [-0.2, 0) is 17.6 Å². The third kappa shape index (κ3) is 5.38. The Hall–Kier alpha value is -2.40. The Kier molecular flexibility index (Phi) is 6.11. The first-order valence-electron chi connectivity index (χ1n) is 7.54. The van der Waals surface area contributed by atoms with E-state index in [4.69, 9.17) is 16.2 Å². The van der Waals surface area contributed by atoms with Crippen molar-refractivity contribution < 1.29 is 13.9 Å². The Labute approximate surface area is 135 Å². The van der Waals surface area contributed by atoms with Gasteiger partial charge in [-0.25, -0.2) is 4.39 Å². The fraction of sp³-hybridized carbons (Fsp3) is 0.278. The molecule has 0 aliphatic rings. The molecule has 0 spiro atoms. The number of benzene rings is 2. The molecule has 122 valence electrons. The fourth-order valence-electron chi connectivity index (χ4n) is 2.29. The maximum absolute atomic E-state index is 13.1. The van der Waals surface area contributed by atoms with Gasteiger partial charge in [-0.2, -0.15) is 0 Å². The molecule has 0 fully saturated rings. The molecule has 0 aliphatic heterocycles. The van der Waals surface area contributed by atoms with Crippen molar-refractivity contribution in [2.75, 3.05) is 13.2 Å². The largest absolute Gasteiger partial charge is 0.493 e. The number of hydrogen-bond acceptors (Lipinski definition) is 3. The smallest absolute Gasteiger partial charge is 0.222 e. The van der Waals surface area contributed by atoms with Crippen molar-refractivity contribution in [1.82, 2.24) is 0 Å². The summed E-state index contributed by atoms with van der Waals surface area (Å²) in [4.78, 5) is 11.2. The summed E-state index contributed by atoms with van der Waals surface area (Å²) < 4.78 is 18.7. The average molecular weight is 316 g/mol. The van der Waals surface area contributed by atoms with E-state index in [9.17, 15) is 9.18 Å². The van der Waals surface area contributed by atoms with E-state index in [-0.39, 0.29) is 24.2 Å². The summed E-state index contributed by atoms with van der Waals surface area (Å²) in [7, 11) is 0. The molecule has 0 aliphatic carbocycles. The van der Waals surface area contributed by atoms with Crippen molar-refractivity contribution in [2.45, 2.75) is 12.8 Å². The van der Waals surface area contributed by atoms with Crippen molar-refractivity contribution in [1.29, 1.82) is 0 Å². The summed E-state index contributed by atoms with van der Waals surface area (Å²) in [6, 6.07) is 13.9. The van der Waals surface area contributed by atoms with Gasteiger partial charge in [0, 0.05) is 13.0 Å². The lowest BCUT2D eigenvalue weighted by Crippen LogP contribution is -2.31. The monoisotopic (exact) mass is 316 g/mol. The molecule has 1 unspecified atom stereocenters. The first-order chi connectivity index (χ1) is 11.1. The summed E-state index contributed by atoms with van der Waals surface area (Å²) in [6.07, 6.45) is 1.16. The van der Waals surface area contributed by atoms with E-state index in [2.05, 4.69) is 0 Å². The summed E-state index contributed by atoms with van der Waals surface area (Å²) in [6.45, 7) is 0.705. The van der Waals surface area contributed by atoms with Crippen molar-refractivity contribution in [3.05, 3.63) is 65.5 Å². The Morgan fingerprint density at radius 1 is 1.13 bits per heavy atom. The Bertz CT molecular complexity index is 644. The van der Waals surface area contributed by atoms with Gasteiger partial charge in [0.15, 0.2) is 0 Å². The number of nitrogens with two attached hydrogens (primary N) is 2. The van der Waals surface area contributed by atoms with Crippen LogP contribution in [0.25, 0.3) is 0 Å². The van der Waals surface area contributed by atoms with Gasteiger partial charge in [0.25, 0.3) is 0 Å². The molecule has 5 heteroatoms. The summed E-state index contributed by atoms with van der Waals surface area (Å²) in [5.74, 6) is -0.248. The van der Waals surface area contributed by atoms with E-state index in [1.165, 1.54) is 12.1 Å². The number of hydrogen-bond donors (Lipinski definition) is 2. The molecule has 0 bridgehead atoms. The Morgan fingerprint density at radius 3 is 2.48 bits per heavy atom. The first kappa shape index (κ1) is 17.0. The molecule has 2 aromatic carbocycles. The van der Waals surface area contributed by atoms with Crippen molar-refractivity contribution in [3.8, 4) is 5.75 Å². The molecule has 2 rings (SSSR count). The summed E-state index contributed by atoms with van der Waals surface area (Å²) in [5, 5.41) is 0. The van der Waals surface area contributed by atoms with Crippen LogP contribution in [0, 0.1) is 11.7 Å². The highest BCUT2D eigenvalue weighted by Gasteiger charge is 2.13. The van der Waals surface area contributed by atoms with Gasteiger partial charge in [0.2, 0.25) is 5.91 Å². The molecule has 23 heavy (non-hydrogen) atoms. The van der Waals surface area contributed by atoms with Gasteiger partial charge in [0.05, 0.1) is 12.5 Å². The van der Waals surface area contributed by atoms with Crippen LogP contribution >= 0.6 is 0 Å². The highest BCUT2D eigenvalue weighted by Crippen LogP contribution is 2.15. The third-order valence-corrected chi connectivity index (χ3v) is 3.64. The molecular formula is C18H21FN2O2. The maximum atomic E-state index is 13.1. The van der Waals surface area contributed by atoms with Crippen LogP contribution in [0.3, 0.4) is 0 Å². The van der Waals surface area contributed by atoms with Gasteiger partial charge in [-0.05, 0) is 41.8 Å². The Morgan fingerprint density at radius 2 is 1.87 bits per heavy atom. The average Bonchev–Trinajstić information content (AvgIpc) is 2.54. The van der Waals surface area contributed by atoms with E-state index in [1.807, 2.05) is 30.3 Å². The highest BCUT2D eigenvalue weighted by molar-refractivity contribution is 5.77. The summed E-state index contributed by atoms with van der Waals surface area (Å²) in [5.41, 5.74) is 12.7. The zero-order valence-electron chi connectivity index (χ0n) is 12.9. The van der Waals surface area contributed by atoms with Gasteiger partial charge >= 0.3 is 0 Å². The van der Waals surface area contributed by atoms with Crippen LogP contribution in [0.2, 0.25) is 0 Å². The number of primary amides is 1. The zero-order valence-corrected chi connectivity index (χ0v) is 12.9. The number of halogens is 1. The molecule has 4 nitrogen and oxygen atoms in total. The van der Waals surface area contributed by atoms with Crippen LogP contribution < -0.4 is 16.2 Å². The van der Waals surface area contributed by atoms with E-state index >= 15 is 0 Å². The lowest BCUT2D eigenvalue weighted by molar-refractivity contribution is -0.121. The molecule has 0 saturated heterocycles. The number of amides is 1. The number of carbonyl (C=O) groups excluding carboxylic acids is 1. The molecule has 0 radical (unpaired) electrons. The SMILES string of the molecule is NCC(Cc1ccc(OCCc2cccc(F)c2)cc1)C(N)=O. The van der Waals surface area contributed by atoms with Crippen LogP contribution in [-0.4, -0.2) is 19.1 Å². The normalized spacial score (nSPS) is 11.9. The molecule has 0 aromatic heterocycles. The second-order valence-electron chi connectivity index (χ2n) is 5.41. The van der Waals surface area contributed by atoms with Crippen LogP contribution in [0.5, 0.6) is 5.75 Å². The molecule has 1 amide bonds. The minimum absolute atomic E-state index is 0.237. The lowest BCUT2D eigenvalue weighted by atomic mass is 9.99. The fourth-order valence-corrected chi connectivity index (χ4v) is 2.29. The number of rotatable bonds is 8. The number of ether oxygens (including phenoxy) is 1. The van der Waals surface area contributed by atoms with E-state index < -0.39 is 0 Å². The van der Waals surface area contributed by atoms with Crippen molar-refractivity contribution in [2.24, 2.45) is 17.4 Å². The second-order valence-corrected chi connectivity index (χ2v) is 5.41. The van der Waals surface area contributed by atoms with Crippen LogP contribution in [0.1, 0.15) is 11.1 Å². The van der Waals surface area contributed by atoms with E-state index in [0.29, 0.717) is 19.4 Å². The maximum Gasteiger partial charge on any atom is 0.222 e. The molecule has 0 heterocycles. The van der Waals surface area contributed by atoms with Gasteiger partial charge in [-0.15, -0.1) is 0 Å². The Balaban J connectivity index is 1.84. The van der Waals surface area contributed by atoms with E-state index in [1.54, 1.807) is 6.07 Å². The summed E-state index contributed by atoms with van der Waals surface area (Å²) >= 11 is 0. The molecular weight excluding hydrogens is 295 g/mol. The van der Waals surface area contributed by atoms with Gasteiger partial charge in [-0.3, -0.25) is 4.79 Å². The molecule has 0 saturated carbocycles. The quantitative estimate of drug-likeness (QED) is 0.782. The number of carbonyl (C=O) groups is 1. The standard InChI is InChI=1S/C18H21FN2O2/c19-16-3-1-2-13(11-16)8-9-23-17-6-4-14(5-7-17)10-15(12-20)18(21)22/h1-7,11,15H,8-10,12,20H2,(H2,21,22). The molecule has 2 aromatic rings. The predicted octanol–water partition coefficient (Wildman–Crippen LogP) is 2.05. The highest BCUT2D eigenvalue weighted by atomic mass is 19.1. The van der Waals surface area contributed by atoms with Gasteiger partial charge in [0.1, 0.15) is 11.6 Å². The van der Waals surface area contributed by atoms with E-state index in [0.717, 1.165) is 16.9 Å². The molecule has 4 N–H and O–H groups in total. The minimum atomic E-state index is -0.386. The van der Waals surface area contributed by atoms with Gasteiger partial charge < -0.3 is 16.2 Å². The van der Waals surface area contributed by atoms with Crippen molar-refractivity contribution >= 4 is 5.91 Å². The van der Waals surface area contributed by atoms with Crippen molar-refractivity contribution in [3.63, 3.8) is 0 Å². The van der Waals surface area contributed by atoms with Crippen LogP contribution in [0.4, 0.5) is 4.39 Å².